The quantitative estimate of drug-likeness (QED) is 0.767. The maximum absolute atomic E-state index is 12.1. The van der Waals surface area contributed by atoms with Crippen LogP contribution in [0.4, 0.5) is 0 Å². The zero-order valence-corrected chi connectivity index (χ0v) is 13.2. The van der Waals surface area contributed by atoms with Gasteiger partial charge in [-0.3, -0.25) is 9.78 Å². The normalized spacial score (nSPS) is 10.4. The summed E-state index contributed by atoms with van der Waals surface area (Å²) >= 11 is 3.37. The molecular formula is C17H13BrN2O2. The molecule has 1 N–H and O–H groups in total. The van der Waals surface area contributed by atoms with Crippen LogP contribution in [0.15, 0.2) is 69.9 Å². The van der Waals surface area contributed by atoms with Gasteiger partial charge in [0.15, 0.2) is 5.76 Å². The summed E-state index contributed by atoms with van der Waals surface area (Å²) in [5.41, 5.74) is 2.31. The first kappa shape index (κ1) is 14.5. The van der Waals surface area contributed by atoms with Crippen molar-refractivity contribution >= 4 is 21.8 Å². The van der Waals surface area contributed by atoms with E-state index in [1.165, 1.54) is 0 Å². The molecule has 0 spiro atoms. The molecule has 4 nitrogen and oxygen atoms in total. The fourth-order valence-corrected chi connectivity index (χ4v) is 2.49. The molecule has 0 aliphatic heterocycles. The minimum absolute atomic E-state index is 0.123. The van der Waals surface area contributed by atoms with Gasteiger partial charge in [-0.15, -0.1) is 0 Å². The molecule has 3 rings (SSSR count). The minimum atomic E-state index is -0.123. The average molecular weight is 357 g/mol. The van der Waals surface area contributed by atoms with Gasteiger partial charge in [0.2, 0.25) is 0 Å². The van der Waals surface area contributed by atoms with E-state index in [1.807, 2.05) is 42.5 Å². The van der Waals surface area contributed by atoms with Crippen LogP contribution in [0.25, 0.3) is 11.5 Å². The number of benzene rings is 1. The van der Waals surface area contributed by atoms with E-state index < -0.39 is 0 Å². The van der Waals surface area contributed by atoms with Gasteiger partial charge in [0.1, 0.15) is 5.69 Å². The number of halogens is 1. The summed E-state index contributed by atoms with van der Waals surface area (Å²) < 4.78 is 6.07. The van der Waals surface area contributed by atoms with E-state index in [0.717, 1.165) is 21.5 Å². The summed E-state index contributed by atoms with van der Waals surface area (Å²) in [5, 5.41) is 2.88. The Morgan fingerprint density at radius 1 is 1.14 bits per heavy atom. The summed E-state index contributed by atoms with van der Waals surface area (Å²) in [6.07, 6.45) is 3.35. The Bertz CT molecular complexity index is 768. The van der Waals surface area contributed by atoms with Crippen molar-refractivity contribution in [3.05, 3.63) is 76.6 Å². The number of furan rings is 1. The summed E-state index contributed by atoms with van der Waals surface area (Å²) in [7, 11) is 0. The highest BCUT2D eigenvalue weighted by molar-refractivity contribution is 9.10. The molecule has 0 saturated carbocycles. The number of carbonyl (C=O) groups excluding carboxylic acids is 1. The van der Waals surface area contributed by atoms with E-state index in [1.54, 1.807) is 18.5 Å². The predicted octanol–water partition coefficient (Wildman–Crippen LogP) is 4.03. The molecule has 0 radical (unpaired) electrons. The van der Waals surface area contributed by atoms with Gasteiger partial charge in [-0.1, -0.05) is 18.2 Å². The van der Waals surface area contributed by atoms with Crippen molar-refractivity contribution in [1.82, 2.24) is 10.3 Å². The van der Waals surface area contributed by atoms with Crippen molar-refractivity contribution in [2.24, 2.45) is 0 Å². The van der Waals surface area contributed by atoms with Gasteiger partial charge in [-0.25, -0.2) is 0 Å². The van der Waals surface area contributed by atoms with Gasteiger partial charge in [0.25, 0.3) is 5.91 Å². The first-order valence-corrected chi connectivity index (χ1v) is 7.55. The number of amides is 1. The number of hydrogen-bond donors (Lipinski definition) is 1. The van der Waals surface area contributed by atoms with Crippen LogP contribution in [-0.4, -0.2) is 10.9 Å². The van der Waals surface area contributed by atoms with Crippen LogP contribution in [-0.2, 0) is 6.54 Å². The molecule has 0 fully saturated rings. The second kappa shape index (κ2) is 6.58. The first-order chi connectivity index (χ1) is 10.7. The molecule has 22 heavy (non-hydrogen) atoms. The van der Waals surface area contributed by atoms with Crippen molar-refractivity contribution in [2.45, 2.75) is 6.54 Å². The summed E-state index contributed by atoms with van der Waals surface area (Å²) in [6, 6.07) is 14.8. The van der Waals surface area contributed by atoms with E-state index in [9.17, 15) is 4.79 Å². The lowest BCUT2D eigenvalue weighted by Crippen LogP contribution is -2.23. The second-order valence-electron chi connectivity index (χ2n) is 4.69. The van der Waals surface area contributed by atoms with Crippen LogP contribution in [0.5, 0.6) is 0 Å². The molecular weight excluding hydrogens is 344 g/mol. The molecule has 0 aliphatic carbocycles. The van der Waals surface area contributed by atoms with Crippen molar-refractivity contribution in [3.63, 3.8) is 0 Å². The lowest BCUT2D eigenvalue weighted by Gasteiger charge is -2.07. The van der Waals surface area contributed by atoms with Crippen LogP contribution in [0.2, 0.25) is 0 Å². The van der Waals surface area contributed by atoms with Crippen molar-refractivity contribution in [3.8, 4) is 11.5 Å². The molecule has 0 bridgehead atoms. The Balaban J connectivity index is 1.64. The Morgan fingerprint density at radius 2 is 2.00 bits per heavy atom. The van der Waals surface area contributed by atoms with E-state index in [0.29, 0.717) is 12.1 Å². The summed E-state index contributed by atoms with van der Waals surface area (Å²) in [4.78, 5) is 16.5. The van der Waals surface area contributed by atoms with Gasteiger partial charge in [-0.2, -0.15) is 0 Å². The molecule has 2 heterocycles. The third-order valence-electron chi connectivity index (χ3n) is 3.17. The molecule has 110 valence electrons. The Hall–Kier alpha value is -2.40. The molecule has 2 aromatic heterocycles. The minimum Gasteiger partial charge on any atom is -0.463 e. The molecule has 1 aromatic carbocycles. The third-order valence-corrected chi connectivity index (χ3v) is 3.86. The molecule has 0 atom stereocenters. The van der Waals surface area contributed by atoms with Gasteiger partial charge >= 0.3 is 0 Å². The maximum Gasteiger partial charge on any atom is 0.252 e. The number of nitrogens with zero attached hydrogens (tertiary/aromatic N) is 1. The maximum atomic E-state index is 12.1. The SMILES string of the molecule is O=C(NCc1ccc(-c2ccco2)nc1)c1ccccc1Br. The van der Waals surface area contributed by atoms with E-state index >= 15 is 0 Å². The van der Waals surface area contributed by atoms with Crippen LogP contribution < -0.4 is 5.32 Å². The summed E-state index contributed by atoms with van der Waals surface area (Å²) in [6.45, 7) is 0.422. The van der Waals surface area contributed by atoms with E-state index in [2.05, 4.69) is 26.2 Å². The van der Waals surface area contributed by atoms with Crippen molar-refractivity contribution in [2.75, 3.05) is 0 Å². The van der Waals surface area contributed by atoms with E-state index in [-0.39, 0.29) is 5.91 Å². The average Bonchev–Trinajstić information content (AvgIpc) is 3.08. The monoisotopic (exact) mass is 356 g/mol. The predicted molar refractivity (Wildman–Crippen MR) is 87.3 cm³/mol. The first-order valence-electron chi connectivity index (χ1n) is 6.75. The summed E-state index contributed by atoms with van der Waals surface area (Å²) in [5.74, 6) is 0.603. The third kappa shape index (κ3) is 3.26. The van der Waals surface area contributed by atoms with Gasteiger partial charge in [0, 0.05) is 17.2 Å². The number of carbonyl (C=O) groups is 1. The Kier molecular flexibility index (Phi) is 4.34. The fraction of sp³-hybridized carbons (Fsp3) is 0.0588. The number of hydrogen-bond acceptors (Lipinski definition) is 3. The lowest BCUT2D eigenvalue weighted by atomic mass is 10.2. The molecule has 1 amide bonds. The van der Waals surface area contributed by atoms with E-state index in [4.69, 9.17) is 4.42 Å². The Labute approximate surface area is 136 Å². The lowest BCUT2D eigenvalue weighted by molar-refractivity contribution is 0.0950. The highest BCUT2D eigenvalue weighted by atomic mass is 79.9. The van der Waals surface area contributed by atoms with Crippen molar-refractivity contribution in [1.29, 1.82) is 0 Å². The van der Waals surface area contributed by atoms with Gasteiger partial charge in [-0.05, 0) is 51.8 Å². The number of nitrogens with one attached hydrogen (secondary N) is 1. The van der Waals surface area contributed by atoms with Crippen LogP contribution in [0, 0.1) is 0 Å². The largest absolute Gasteiger partial charge is 0.463 e. The molecule has 0 unspecified atom stereocenters. The van der Waals surface area contributed by atoms with Crippen LogP contribution in [0.1, 0.15) is 15.9 Å². The Morgan fingerprint density at radius 3 is 2.68 bits per heavy atom. The number of rotatable bonds is 4. The second-order valence-corrected chi connectivity index (χ2v) is 5.55. The molecule has 0 saturated heterocycles. The number of pyridine rings is 1. The molecule has 0 aliphatic rings. The zero-order valence-electron chi connectivity index (χ0n) is 11.6. The van der Waals surface area contributed by atoms with Crippen LogP contribution >= 0.6 is 15.9 Å². The fourth-order valence-electron chi connectivity index (χ4n) is 2.02. The molecule has 5 heteroatoms. The number of aromatic nitrogens is 1. The topological polar surface area (TPSA) is 55.1 Å². The standard InChI is InChI=1S/C17H13BrN2O2/c18-14-5-2-1-4-13(14)17(21)20-11-12-7-8-15(19-10-12)16-6-3-9-22-16/h1-10H,11H2,(H,20,21). The van der Waals surface area contributed by atoms with Crippen LogP contribution in [0.3, 0.4) is 0 Å². The van der Waals surface area contributed by atoms with Gasteiger partial charge < -0.3 is 9.73 Å². The smallest absolute Gasteiger partial charge is 0.252 e. The highest BCUT2D eigenvalue weighted by Gasteiger charge is 2.09. The highest BCUT2D eigenvalue weighted by Crippen LogP contribution is 2.18. The zero-order chi connectivity index (χ0) is 15.4. The van der Waals surface area contributed by atoms with Crippen molar-refractivity contribution < 1.29 is 9.21 Å². The van der Waals surface area contributed by atoms with Gasteiger partial charge in [0.05, 0.1) is 11.8 Å². The molecule has 3 aromatic rings.